The van der Waals surface area contributed by atoms with E-state index in [1.165, 1.54) is 24.3 Å². The minimum absolute atomic E-state index is 0.00268. The highest BCUT2D eigenvalue weighted by Gasteiger charge is 2.38. The zero-order chi connectivity index (χ0) is 22.3. The van der Waals surface area contributed by atoms with E-state index in [0.717, 1.165) is 6.07 Å². The second-order valence-corrected chi connectivity index (χ2v) is 8.22. The van der Waals surface area contributed by atoms with Gasteiger partial charge in [-0.15, -0.1) is 0 Å². The van der Waals surface area contributed by atoms with Gasteiger partial charge in [0.05, 0.1) is 16.6 Å². The van der Waals surface area contributed by atoms with Gasteiger partial charge in [0.15, 0.2) is 11.0 Å². The highest BCUT2D eigenvalue weighted by molar-refractivity contribution is 7.85. The van der Waals surface area contributed by atoms with Crippen molar-refractivity contribution in [1.29, 1.82) is 0 Å². The molecule has 0 aliphatic carbocycles. The van der Waals surface area contributed by atoms with E-state index in [1.807, 2.05) is 0 Å². The quantitative estimate of drug-likeness (QED) is 0.464. The first-order valence-corrected chi connectivity index (χ1v) is 10.6. The molecule has 1 unspecified atom stereocenters. The van der Waals surface area contributed by atoms with E-state index in [1.54, 1.807) is 31.4 Å². The summed E-state index contributed by atoms with van der Waals surface area (Å²) < 4.78 is 82.8. The van der Waals surface area contributed by atoms with E-state index in [-0.39, 0.29) is 34.7 Å². The Balaban J connectivity index is 2.23. The van der Waals surface area contributed by atoms with Gasteiger partial charge in [-0.2, -0.15) is 13.2 Å². The summed E-state index contributed by atoms with van der Waals surface area (Å²) >= 11 is 0. The summed E-state index contributed by atoms with van der Waals surface area (Å²) in [5.74, 6) is 0.507. The van der Waals surface area contributed by atoms with Crippen molar-refractivity contribution >= 4 is 21.2 Å². The zero-order valence-electron chi connectivity index (χ0n) is 16.6. The van der Waals surface area contributed by atoms with Crippen LogP contribution in [0, 0.1) is 6.92 Å². The summed E-state index contributed by atoms with van der Waals surface area (Å²) in [6, 6.07) is 8.08. The predicted octanol–water partition coefficient (Wildman–Crippen LogP) is 3.83. The largest absolute Gasteiger partial charge is 0.744 e. The van der Waals surface area contributed by atoms with Gasteiger partial charge in [-0.1, -0.05) is 18.2 Å². The number of fused-ring (bicyclic) bond motifs is 1. The van der Waals surface area contributed by atoms with E-state index in [4.69, 9.17) is 4.74 Å². The zero-order valence-corrected chi connectivity index (χ0v) is 17.4. The molecule has 6 nitrogen and oxygen atoms in total. The lowest BCUT2D eigenvalue weighted by Gasteiger charge is -2.18. The van der Waals surface area contributed by atoms with Gasteiger partial charge in [-0.3, -0.25) is 0 Å². The van der Waals surface area contributed by atoms with Gasteiger partial charge >= 0.3 is 6.18 Å². The monoisotopic (exact) mass is 442 g/mol. The lowest BCUT2D eigenvalue weighted by atomic mass is 10.0. The molecule has 3 aromatic rings. The van der Waals surface area contributed by atoms with E-state index in [2.05, 4.69) is 4.98 Å². The summed E-state index contributed by atoms with van der Waals surface area (Å²) in [6.45, 7) is 5.15. The van der Waals surface area contributed by atoms with Crippen LogP contribution in [0.4, 0.5) is 13.2 Å². The SMILES string of the molecule is CCOC(C)c1c(C(F)(F)F)ccc2c1[nH]c(C)[n+]2Cc1ccccc1S(=O)(=O)[O-]. The molecule has 1 aromatic heterocycles. The molecule has 1 heterocycles. The molecular formula is C20H21F3N2O4S. The van der Waals surface area contributed by atoms with Crippen molar-refractivity contribution in [3.8, 4) is 0 Å². The van der Waals surface area contributed by atoms with Crippen LogP contribution in [0.3, 0.4) is 0 Å². The number of halogens is 3. The third kappa shape index (κ3) is 4.21. The number of aromatic amines is 1. The normalized spacial score (nSPS) is 13.7. The second kappa shape index (κ2) is 8.01. The molecule has 0 bridgehead atoms. The average Bonchev–Trinajstić information content (AvgIpc) is 2.95. The van der Waals surface area contributed by atoms with Crippen molar-refractivity contribution in [1.82, 2.24) is 4.98 Å². The molecule has 162 valence electrons. The number of nitrogens with zero attached hydrogens (tertiary/aromatic N) is 1. The van der Waals surface area contributed by atoms with Crippen LogP contribution >= 0.6 is 0 Å². The number of nitrogens with one attached hydrogen (secondary N) is 1. The van der Waals surface area contributed by atoms with Crippen LogP contribution in [0.2, 0.25) is 0 Å². The van der Waals surface area contributed by atoms with Gasteiger partial charge in [-0.05, 0) is 32.0 Å². The van der Waals surface area contributed by atoms with Crippen LogP contribution in [0.1, 0.15) is 42.5 Å². The third-order valence-electron chi connectivity index (χ3n) is 4.92. The van der Waals surface area contributed by atoms with Crippen LogP contribution < -0.4 is 4.57 Å². The Morgan fingerprint density at radius 3 is 2.47 bits per heavy atom. The molecule has 0 aliphatic heterocycles. The second-order valence-electron chi connectivity index (χ2n) is 6.87. The van der Waals surface area contributed by atoms with Gasteiger partial charge in [0, 0.05) is 24.7 Å². The van der Waals surface area contributed by atoms with Crippen molar-refractivity contribution < 1.29 is 35.4 Å². The van der Waals surface area contributed by atoms with Crippen molar-refractivity contribution in [3.63, 3.8) is 0 Å². The number of aromatic nitrogens is 2. The van der Waals surface area contributed by atoms with E-state index in [9.17, 15) is 26.1 Å². The number of ether oxygens (including phenoxy) is 1. The molecule has 0 saturated heterocycles. The predicted molar refractivity (Wildman–Crippen MR) is 102 cm³/mol. The number of rotatable bonds is 6. The van der Waals surface area contributed by atoms with Crippen LogP contribution in [0.15, 0.2) is 41.3 Å². The molecule has 1 N–H and O–H groups in total. The number of H-pyrrole nitrogens is 1. The summed E-state index contributed by atoms with van der Waals surface area (Å²) in [5, 5.41) is 0. The minimum atomic E-state index is -4.70. The van der Waals surface area contributed by atoms with E-state index >= 15 is 0 Å². The molecule has 0 aliphatic rings. The first-order valence-electron chi connectivity index (χ1n) is 9.22. The Morgan fingerprint density at radius 1 is 1.20 bits per heavy atom. The van der Waals surface area contributed by atoms with E-state index in [0.29, 0.717) is 11.3 Å². The number of alkyl halides is 3. The topological polar surface area (TPSA) is 86.1 Å². The molecule has 10 heteroatoms. The van der Waals surface area contributed by atoms with Crippen LogP contribution in [-0.2, 0) is 27.6 Å². The Morgan fingerprint density at radius 2 is 1.87 bits per heavy atom. The maximum absolute atomic E-state index is 13.6. The van der Waals surface area contributed by atoms with E-state index < -0.39 is 28.0 Å². The Hall–Kier alpha value is -2.43. The molecule has 3 rings (SSSR count). The van der Waals surface area contributed by atoms with Gasteiger partial charge in [-0.25, -0.2) is 18.0 Å². The number of imidazole rings is 1. The first kappa shape index (κ1) is 22.3. The summed E-state index contributed by atoms with van der Waals surface area (Å²) in [6.07, 6.45) is -5.39. The summed E-state index contributed by atoms with van der Waals surface area (Å²) in [4.78, 5) is 2.62. The minimum Gasteiger partial charge on any atom is -0.744 e. The van der Waals surface area contributed by atoms with Gasteiger partial charge in [0.25, 0.3) is 5.82 Å². The lowest BCUT2D eigenvalue weighted by molar-refractivity contribution is -0.668. The standard InChI is InChI=1S/C20H21F3N2O4S/c1-4-29-12(2)18-15(20(21,22)23)9-10-16-19(18)24-13(3)25(16)11-14-7-5-6-8-17(14)30(26,27)28/h5-10,12H,4,11H2,1-3H3,(H,26,27,28). The van der Waals surface area contributed by atoms with Gasteiger partial charge in [0.2, 0.25) is 0 Å². The molecule has 0 fully saturated rings. The number of aryl methyl sites for hydroxylation is 1. The number of benzene rings is 2. The van der Waals surface area contributed by atoms with Crippen molar-refractivity contribution in [2.24, 2.45) is 0 Å². The molecular weight excluding hydrogens is 421 g/mol. The fourth-order valence-corrected chi connectivity index (χ4v) is 4.35. The van der Waals surface area contributed by atoms with Crippen molar-refractivity contribution in [3.05, 3.63) is 58.9 Å². The molecule has 0 saturated carbocycles. The van der Waals surface area contributed by atoms with Crippen LogP contribution in [0.5, 0.6) is 0 Å². The fourth-order valence-electron chi connectivity index (χ4n) is 3.65. The third-order valence-corrected chi connectivity index (χ3v) is 5.86. The summed E-state index contributed by atoms with van der Waals surface area (Å²) in [5.41, 5.74) is 0.131. The van der Waals surface area contributed by atoms with Gasteiger partial charge < -0.3 is 9.29 Å². The molecule has 0 spiro atoms. The highest BCUT2D eigenvalue weighted by Crippen LogP contribution is 2.38. The summed E-state index contributed by atoms with van der Waals surface area (Å²) in [7, 11) is -4.70. The average molecular weight is 442 g/mol. The maximum atomic E-state index is 13.6. The van der Waals surface area contributed by atoms with Crippen molar-refractivity contribution in [2.75, 3.05) is 6.61 Å². The smallest absolute Gasteiger partial charge is 0.416 e. The highest BCUT2D eigenvalue weighted by atomic mass is 32.2. The molecule has 30 heavy (non-hydrogen) atoms. The Kier molecular flexibility index (Phi) is 5.94. The molecule has 0 radical (unpaired) electrons. The Bertz CT molecular complexity index is 1190. The fraction of sp³-hybridized carbons (Fsp3) is 0.350. The number of hydrogen-bond acceptors (Lipinski definition) is 4. The van der Waals surface area contributed by atoms with Crippen molar-refractivity contribution in [2.45, 2.75) is 44.5 Å². The van der Waals surface area contributed by atoms with Crippen LogP contribution in [-0.4, -0.2) is 24.6 Å². The number of hydrogen-bond donors (Lipinski definition) is 1. The lowest BCUT2D eigenvalue weighted by Crippen LogP contribution is -2.37. The first-order chi connectivity index (χ1) is 13.9. The molecule has 1 atom stereocenters. The molecule has 2 aromatic carbocycles. The van der Waals surface area contributed by atoms with Gasteiger partial charge in [0.1, 0.15) is 16.7 Å². The van der Waals surface area contributed by atoms with Crippen LogP contribution in [0.25, 0.3) is 11.0 Å². The Labute approximate surface area is 172 Å². The maximum Gasteiger partial charge on any atom is 0.416 e. The molecule has 0 amide bonds.